The summed E-state index contributed by atoms with van der Waals surface area (Å²) in [5.74, 6) is 1.27. The number of urea groups is 1. The van der Waals surface area contributed by atoms with Gasteiger partial charge < -0.3 is 10.2 Å². The van der Waals surface area contributed by atoms with E-state index >= 15 is 0 Å². The second kappa shape index (κ2) is 6.46. The first-order valence-corrected chi connectivity index (χ1v) is 8.85. The number of hydrogen-bond donors (Lipinski definition) is 1. The molecule has 3 rings (SSSR count). The Morgan fingerprint density at radius 3 is 2.42 bits per heavy atom. The summed E-state index contributed by atoms with van der Waals surface area (Å²) in [7, 11) is 0. The van der Waals surface area contributed by atoms with Gasteiger partial charge in [-0.3, -0.25) is 0 Å². The number of nitrogens with zero attached hydrogens (tertiary/aromatic N) is 1. The van der Waals surface area contributed by atoms with Crippen LogP contribution in [0.25, 0.3) is 5.57 Å². The van der Waals surface area contributed by atoms with E-state index in [2.05, 4.69) is 56.1 Å². The van der Waals surface area contributed by atoms with Crippen LogP contribution in [-0.2, 0) is 5.54 Å². The highest BCUT2D eigenvalue weighted by molar-refractivity contribution is 5.76. The monoisotopic (exact) mass is 324 g/mol. The molecule has 3 heteroatoms. The van der Waals surface area contributed by atoms with Crippen molar-refractivity contribution in [3.63, 3.8) is 0 Å². The number of rotatable bonds is 3. The minimum Gasteiger partial charge on any atom is -0.329 e. The molecule has 2 atom stereocenters. The zero-order chi connectivity index (χ0) is 17.3. The predicted molar refractivity (Wildman–Crippen MR) is 99.6 cm³/mol. The Labute approximate surface area is 145 Å². The topological polar surface area (TPSA) is 32.3 Å². The highest BCUT2D eigenvalue weighted by atomic mass is 16.2. The minimum atomic E-state index is -0.408. The average molecular weight is 324 g/mol. The SMILES string of the molecule is C=C(C)c1cccc(C(C)(C)NC(=O)N2CC3CC=CCC3C2)c1. The maximum Gasteiger partial charge on any atom is 0.318 e. The fourth-order valence-electron chi connectivity index (χ4n) is 3.77. The van der Waals surface area contributed by atoms with Gasteiger partial charge in [0.1, 0.15) is 0 Å². The molecule has 2 unspecified atom stereocenters. The Kier molecular flexibility index (Phi) is 4.53. The van der Waals surface area contributed by atoms with E-state index < -0.39 is 5.54 Å². The van der Waals surface area contributed by atoms with E-state index in [0.717, 1.165) is 42.6 Å². The van der Waals surface area contributed by atoms with Crippen molar-refractivity contribution in [2.24, 2.45) is 11.8 Å². The molecule has 24 heavy (non-hydrogen) atoms. The van der Waals surface area contributed by atoms with Crippen LogP contribution in [0, 0.1) is 11.8 Å². The third-order valence-electron chi connectivity index (χ3n) is 5.40. The summed E-state index contributed by atoms with van der Waals surface area (Å²) < 4.78 is 0. The van der Waals surface area contributed by atoms with Gasteiger partial charge in [-0.05, 0) is 62.6 Å². The summed E-state index contributed by atoms with van der Waals surface area (Å²) in [5.41, 5.74) is 2.85. The maximum absolute atomic E-state index is 12.8. The van der Waals surface area contributed by atoms with Crippen LogP contribution in [0.3, 0.4) is 0 Å². The van der Waals surface area contributed by atoms with Crippen LogP contribution in [-0.4, -0.2) is 24.0 Å². The first kappa shape index (κ1) is 16.8. The maximum atomic E-state index is 12.8. The summed E-state index contributed by atoms with van der Waals surface area (Å²) in [6.07, 6.45) is 6.74. The van der Waals surface area contributed by atoms with E-state index in [-0.39, 0.29) is 6.03 Å². The lowest BCUT2D eigenvalue weighted by atomic mass is 9.86. The van der Waals surface area contributed by atoms with Gasteiger partial charge >= 0.3 is 6.03 Å². The molecule has 1 aliphatic carbocycles. The summed E-state index contributed by atoms with van der Waals surface area (Å²) in [5, 5.41) is 3.23. The van der Waals surface area contributed by atoms with E-state index in [9.17, 15) is 4.79 Å². The van der Waals surface area contributed by atoms with E-state index in [1.807, 2.05) is 17.9 Å². The van der Waals surface area contributed by atoms with Crippen LogP contribution in [0.15, 0.2) is 43.0 Å². The largest absolute Gasteiger partial charge is 0.329 e. The van der Waals surface area contributed by atoms with Crippen LogP contribution >= 0.6 is 0 Å². The molecule has 128 valence electrons. The number of fused-ring (bicyclic) bond motifs is 1. The zero-order valence-corrected chi connectivity index (χ0v) is 15.0. The van der Waals surface area contributed by atoms with Crippen molar-refractivity contribution in [1.29, 1.82) is 0 Å². The van der Waals surface area contributed by atoms with Crippen LogP contribution in [0.1, 0.15) is 44.7 Å². The number of carbonyl (C=O) groups is 1. The number of nitrogens with one attached hydrogen (secondary N) is 1. The van der Waals surface area contributed by atoms with Crippen LogP contribution < -0.4 is 5.32 Å². The van der Waals surface area contributed by atoms with Crippen molar-refractivity contribution in [1.82, 2.24) is 10.2 Å². The van der Waals surface area contributed by atoms with Crippen molar-refractivity contribution in [3.05, 3.63) is 54.1 Å². The van der Waals surface area contributed by atoms with Crippen LogP contribution in [0.5, 0.6) is 0 Å². The number of carbonyl (C=O) groups excluding carboxylic acids is 1. The zero-order valence-electron chi connectivity index (χ0n) is 15.0. The lowest BCUT2D eigenvalue weighted by Gasteiger charge is -2.30. The number of amides is 2. The number of hydrogen-bond acceptors (Lipinski definition) is 1. The molecule has 1 fully saturated rings. The molecule has 1 saturated heterocycles. The number of likely N-dealkylation sites (tertiary alicyclic amines) is 1. The molecule has 1 N–H and O–H groups in total. The summed E-state index contributed by atoms with van der Waals surface area (Å²) in [6, 6.07) is 8.33. The van der Waals surface area contributed by atoms with E-state index in [1.54, 1.807) is 0 Å². The van der Waals surface area contributed by atoms with E-state index in [1.165, 1.54) is 0 Å². The highest BCUT2D eigenvalue weighted by Gasteiger charge is 2.36. The van der Waals surface area contributed by atoms with Crippen molar-refractivity contribution >= 4 is 11.6 Å². The van der Waals surface area contributed by atoms with Gasteiger partial charge in [0, 0.05) is 13.1 Å². The molecule has 3 nitrogen and oxygen atoms in total. The molecule has 1 aliphatic heterocycles. The Morgan fingerprint density at radius 1 is 1.21 bits per heavy atom. The van der Waals surface area contributed by atoms with Gasteiger partial charge in [0.05, 0.1) is 5.54 Å². The second-order valence-corrected chi connectivity index (χ2v) is 7.78. The van der Waals surface area contributed by atoms with Gasteiger partial charge in [0.25, 0.3) is 0 Å². The highest BCUT2D eigenvalue weighted by Crippen LogP contribution is 2.33. The third-order valence-corrected chi connectivity index (χ3v) is 5.40. The van der Waals surface area contributed by atoms with Gasteiger partial charge in [-0.2, -0.15) is 0 Å². The molecule has 2 amide bonds. The summed E-state index contributed by atoms with van der Waals surface area (Å²) in [4.78, 5) is 14.8. The number of allylic oxidation sites excluding steroid dienone is 3. The van der Waals surface area contributed by atoms with Gasteiger partial charge in [-0.1, -0.05) is 42.5 Å². The van der Waals surface area contributed by atoms with E-state index in [0.29, 0.717) is 11.8 Å². The Hall–Kier alpha value is -2.03. The molecule has 0 spiro atoms. The van der Waals surface area contributed by atoms with Gasteiger partial charge in [-0.25, -0.2) is 4.79 Å². The average Bonchev–Trinajstić information content (AvgIpc) is 2.99. The molecular weight excluding hydrogens is 296 g/mol. The fraction of sp³-hybridized carbons (Fsp3) is 0.476. The van der Waals surface area contributed by atoms with Crippen molar-refractivity contribution in [2.45, 2.75) is 39.2 Å². The minimum absolute atomic E-state index is 0.0510. The van der Waals surface area contributed by atoms with Crippen molar-refractivity contribution < 1.29 is 4.79 Å². The third kappa shape index (κ3) is 3.40. The summed E-state index contributed by atoms with van der Waals surface area (Å²) in [6.45, 7) is 11.9. The molecule has 1 heterocycles. The van der Waals surface area contributed by atoms with Crippen LogP contribution in [0.4, 0.5) is 4.79 Å². The molecule has 0 aromatic heterocycles. The second-order valence-electron chi connectivity index (χ2n) is 7.78. The Bertz CT molecular complexity index is 658. The van der Waals surface area contributed by atoms with Crippen molar-refractivity contribution in [2.75, 3.05) is 13.1 Å². The van der Waals surface area contributed by atoms with E-state index in [4.69, 9.17) is 0 Å². The lowest BCUT2D eigenvalue weighted by Crippen LogP contribution is -2.47. The molecule has 0 saturated carbocycles. The van der Waals surface area contributed by atoms with Gasteiger partial charge in [0.15, 0.2) is 0 Å². The molecule has 1 aromatic rings. The first-order valence-electron chi connectivity index (χ1n) is 8.85. The van der Waals surface area contributed by atoms with Gasteiger partial charge in [-0.15, -0.1) is 0 Å². The molecule has 1 aromatic carbocycles. The molecule has 2 aliphatic rings. The van der Waals surface area contributed by atoms with Crippen molar-refractivity contribution in [3.8, 4) is 0 Å². The smallest absolute Gasteiger partial charge is 0.318 e. The molecular formula is C21H28N2O. The first-order chi connectivity index (χ1) is 11.4. The predicted octanol–water partition coefficient (Wildman–Crippen LogP) is 4.56. The number of benzene rings is 1. The van der Waals surface area contributed by atoms with Crippen LogP contribution in [0.2, 0.25) is 0 Å². The normalized spacial score (nSPS) is 23.0. The quantitative estimate of drug-likeness (QED) is 0.812. The Morgan fingerprint density at radius 2 is 1.83 bits per heavy atom. The lowest BCUT2D eigenvalue weighted by molar-refractivity contribution is 0.195. The van der Waals surface area contributed by atoms with Gasteiger partial charge in [0.2, 0.25) is 0 Å². The summed E-state index contributed by atoms with van der Waals surface area (Å²) >= 11 is 0. The fourth-order valence-corrected chi connectivity index (χ4v) is 3.77. The Balaban J connectivity index is 1.69. The molecule has 0 bridgehead atoms. The molecule has 0 radical (unpaired) electrons. The standard InChI is InChI=1S/C21H28N2O/c1-15(2)16-10-7-11-19(12-16)21(3,4)22-20(24)23-13-17-8-5-6-9-18(17)14-23/h5-7,10-12,17-18H,1,8-9,13-14H2,2-4H3,(H,22,24).